The number of hydrogen-bond donors (Lipinski definition) is 4. The second kappa shape index (κ2) is 2.41. The van der Waals surface area contributed by atoms with Crippen molar-refractivity contribution >= 4 is 19.2 Å². The van der Waals surface area contributed by atoms with Crippen LogP contribution in [-0.2, 0) is 0 Å². The summed E-state index contributed by atoms with van der Waals surface area (Å²) in [6, 6.07) is 0. The van der Waals surface area contributed by atoms with E-state index in [0.717, 1.165) is 0 Å². The fraction of sp³-hybridized carbons (Fsp3) is 0. The quantitative estimate of drug-likeness (QED) is 0.253. The molecular weight excluding hydrogens is 101 g/mol. The number of rotatable bonds is 0. The molecule has 0 fully saturated rings. The summed E-state index contributed by atoms with van der Waals surface area (Å²) in [6.45, 7) is 0. The van der Waals surface area contributed by atoms with Crippen LogP contribution in [0.5, 0.6) is 0 Å². The maximum absolute atomic E-state index is 7.33. The van der Waals surface area contributed by atoms with Crippen LogP contribution in [0.25, 0.3) is 0 Å². The van der Waals surface area contributed by atoms with Gasteiger partial charge < -0.3 is 22.0 Å². The third-order valence-electron chi connectivity index (χ3n) is 0. The summed E-state index contributed by atoms with van der Waals surface area (Å²) in [4.78, 5) is 29.3. The summed E-state index contributed by atoms with van der Waals surface area (Å²) in [5, 5.41) is 0. The van der Waals surface area contributed by atoms with E-state index in [9.17, 15) is 0 Å². The molecule has 0 aliphatic heterocycles. The van der Waals surface area contributed by atoms with Gasteiger partial charge in [0, 0.05) is 0 Å². The first-order valence-corrected chi connectivity index (χ1v) is 2.68. The molecule has 0 amide bonds. The molecule has 0 saturated heterocycles. The number of hydrogen-bond acceptors (Lipinski definition) is 4. The Morgan fingerprint density at radius 3 is 1.00 bits per heavy atom. The Balaban J connectivity index is -0.0000000267. The molecular formula is H6BeO4Si. The minimum absolute atomic E-state index is 0. The van der Waals surface area contributed by atoms with Crippen LogP contribution >= 0.6 is 0 Å². The fourth-order valence-electron chi connectivity index (χ4n) is 0. The van der Waals surface area contributed by atoms with Gasteiger partial charge in [0.25, 0.3) is 0 Å². The van der Waals surface area contributed by atoms with Gasteiger partial charge in [0.2, 0.25) is 0 Å². The second-order valence-electron chi connectivity index (χ2n) is 0.600. The zero-order valence-electron chi connectivity index (χ0n) is 5.00. The molecule has 0 unspecified atom stereocenters. The van der Waals surface area contributed by atoms with Crippen LogP contribution in [0.2, 0.25) is 0 Å². The van der Waals surface area contributed by atoms with Gasteiger partial charge in [-0.1, -0.05) is 0 Å². The van der Waals surface area contributed by atoms with Crippen molar-refractivity contribution in [3.8, 4) is 0 Å². The average molecular weight is 107 g/mol. The van der Waals surface area contributed by atoms with Gasteiger partial charge in [-0.15, -0.1) is 0 Å². The molecule has 0 aromatic carbocycles. The molecule has 36 valence electrons. The van der Waals surface area contributed by atoms with Crippen LogP contribution in [0.1, 0.15) is 2.85 Å². The van der Waals surface area contributed by atoms with Crippen molar-refractivity contribution in [3.63, 3.8) is 0 Å². The first-order chi connectivity index (χ1) is 2.00. The molecule has 4 N–H and O–H groups in total. The van der Waals surface area contributed by atoms with Gasteiger partial charge in [0.15, 0.2) is 0 Å². The van der Waals surface area contributed by atoms with E-state index in [1.54, 1.807) is 0 Å². The smallest absolute Gasteiger partial charge is 1.00 e. The van der Waals surface area contributed by atoms with Crippen molar-refractivity contribution in [2.24, 2.45) is 0 Å². The normalized spacial score (nSPS) is 10.0. The third-order valence-corrected chi connectivity index (χ3v) is 0. The second-order valence-corrected chi connectivity index (χ2v) is 1.80. The Morgan fingerprint density at radius 1 is 1.00 bits per heavy atom. The zero-order chi connectivity index (χ0) is 4.50. The summed E-state index contributed by atoms with van der Waals surface area (Å²) in [6.07, 6.45) is 0. The van der Waals surface area contributed by atoms with E-state index in [-0.39, 0.29) is 13.0 Å². The molecule has 0 saturated carbocycles. The molecule has 0 aromatic rings. The SMILES string of the molecule is O[Si](O)(O)O.[Be+2].[H-].[H-]. The monoisotopic (exact) mass is 107 g/mol. The summed E-state index contributed by atoms with van der Waals surface area (Å²) >= 11 is 0. The maximum atomic E-state index is 7.33. The third kappa shape index (κ3) is 863. The topological polar surface area (TPSA) is 80.9 Å². The van der Waals surface area contributed by atoms with E-state index in [0.29, 0.717) is 0 Å². The van der Waals surface area contributed by atoms with Gasteiger partial charge in [-0.2, -0.15) is 0 Å². The van der Waals surface area contributed by atoms with Crippen LogP contribution < -0.4 is 0 Å². The van der Waals surface area contributed by atoms with Crippen molar-refractivity contribution in [1.82, 2.24) is 0 Å². The van der Waals surface area contributed by atoms with E-state index < -0.39 is 9.05 Å². The maximum Gasteiger partial charge on any atom is 2.00 e. The standard InChI is InChI=1S/Be.H4O4Si.2H/c;1-5(2,3)4;;/h;1-4H;;/q+2;;2*-1. The summed E-state index contributed by atoms with van der Waals surface area (Å²) < 4.78 is 0. The van der Waals surface area contributed by atoms with Gasteiger partial charge >= 0.3 is 19.2 Å². The Morgan fingerprint density at radius 2 is 1.00 bits per heavy atom. The fourth-order valence-corrected chi connectivity index (χ4v) is 0. The van der Waals surface area contributed by atoms with Crippen LogP contribution in [0, 0.1) is 0 Å². The molecule has 0 aromatic heterocycles. The van der Waals surface area contributed by atoms with Crippen molar-refractivity contribution in [1.29, 1.82) is 0 Å². The van der Waals surface area contributed by atoms with Crippen molar-refractivity contribution < 1.29 is 22.0 Å². The minimum atomic E-state index is -4.61. The van der Waals surface area contributed by atoms with Gasteiger partial charge in [0.1, 0.15) is 0 Å². The van der Waals surface area contributed by atoms with Crippen molar-refractivity contribution in [2.45, 2.75) is 0 Å². The molecule has 0 aliphatic carbocycles. The molecule has 0 heterocycles. The van der Waals surface area contributed by atoms with E-state index in [2.05, 4.69) is 0 Å². The molecule has 0 atom stereocenters. The first kappa shape index (κ1) is 9.52. The summed E-state index contributed by atoms with van der Waals surface area (Å²) in [5.74, 6) is 0. The Kier molecular flexibility index (Phi) is 3.82. The Hall–Kier alpha value is 0.226. The van der Waals surface area contributed by atoms with E-state index in [1.807, 2.05) is 0 Å². The van der Waals surface area contributed by atoms with Gasteiger partial charge in [-0.3, -0.25) is 0 Å². The molecule has 0 bridgehead atoms. The minimum Gasteiger partial charge on any atom is -1.00 e. The van der Waals surface area contributed by atoms with Crippen LogP contribution in [0.3, 0.4) is 0 Å². The van der Waals surface area contributed by atoms with Crippen LogP contribution in [-0.4, -0.2) is 38.4 Å². The molecule has 6 heteroatoms. The van der Waals surface area contributed by atoms with Crippen LogP contribution in [0.4, 0.5) is 0 Å². The summed E-state index contributed by atoms with van der Waals surface area (Å²) in [5.41, 5.74) is 0. The molecule has 0 rings (SSSR count). The molecule has 6 heavy (non-hydrogen) atoms. The van der Waals surface area contributed by atoms with E-state index >= 15 is 0 Å². The van der Waals surface area contributed by atoms with Gasteiger partial charge in [-0.25, -0.2) is 0 Å². The summed E-state index contributed by atoms with van der Waals surface area (Å²) in [7, 11) is -4.61. The molecule has 4 nitrogen and oxygen atoms in total. The van der Waals surface area contributed by atoms with Crippen molar-refractivity contribution in [2.75, 3.05) is 0 Å². The van der Waals surface area contributed by atoms with Gasteiger partial charge in [0.05, 0.1) is 0 Å². The predicted octanol–water partition coefficient (Wildman–Crippen LogP) is -2.76. The molecule has 0 spiro atoms. The Bertz CT molecular complexity index is 29.5. The molecule has 0 aliphatic rings. The van der Waals surface area contributed by atoms with E-state index in [1.165, 1.54) is 0 Å². The van der Waals surface area contributed by atoms with Gasteiger partial charge in [-0.05, 0) is 0 Å². The largest absolute Gasteiger partial charge is 2.00 e. The predicted molar refractivity (Wildman–Crippen MR) is 22.6 cm³/mol. The average Bonchev–Trinajstić information content (AvgIpc) is 0.722. The van der Waals surface area contributed by atoms with Crippen LogP contribution in [0.15, 0.2) is 0 Å². The molecule has 0 radical (unpaired) electrons. The first-order valence-electron chi connectivity index (χ1n) is 0.894. The Labute approximate surface area is 42.4 Å². The van der Waals surface area contributed by atoms with Crippen molar-refractivity contribution in [3.05, 3.63) is 0 Å². The zero-order valence-corrected chi connectivity index (χ0v) is 4.00. The van der Waals surface area contributed by atoms with E-state index in [4.69, 9.17) is 19.2 Å².